The van der Waals surface area contributed by atoms with Crippen molar-refractivity contribution in [2.24, 2.45) is 5.10 Å². The molecule has 0 aromatic heterocycles. The molecule has 0 aliphatic carbocycles. The number of rotatable bonds is 1. The zero-order valence-corrected chi connectivity index (χ0v) is 10.6. The van der Waals surface area contributed by atoms with Crippen molar-refractivity contribution in [3.63, 3.8) is 0 Å². The molecule has 20 heavy (non-hydrogen) atoms. The van der Waals surface area contributed by atoms with Crippen molar-refractivity contribution in [2.45, 2.75) is 0 Å². The molecule has 1 aliphatic rings. The maximum absolute atomic E-state index is 12.4. The molecule has 5 nitrogen and oxygen atoms in total. The van der Waals surface area contributed by atoms with Gasteiger partial charge in [0.25, 0.3) is 5.91 Å². The molecule has 0 radical (unpaired) electrons. The number of nitrogens with zero attached hydrogens (tertiary/aromatic N) is 2. The number of hydrogen-bond acceptors (Lipinski definition) is 4. The van der Waals surface area contributed by atoms with E-state index in [0.717, 1.165) is 10.5 Å². The lowest BCUT2D eigenvalue weighted by Gasteiger charge is -2.25. The number of amides is 1. The molecule has 2 aromatic rings. The Balaban J connectivity index is 1.98. The Morgan fingerprint density at radius 1 is 1.15 bits per heavy atom. The van der Waals surface area contributed by atoms with Gasteiger partial charge in [-0.3, -0.25) is 4.79 Å². The summed E-state index contributed by atoms with van der Waals surface area (Å²) in [6, 6.07) is 14.0. The summed E-state index contributed by atoms with van der Waals surface area (Å²) in [4.78, 5) is 13.4. The lowest BCUT2D eigenvalue weighted by atomic mass is 9.69. The Morgan fingerprint density at radius 3 is 2.65 bits per heavy atom. The smallest absolute Gasteiger partial charge is 0.427 e. The third kappa shape index (κ3) is 1.96. The van der Waals surface area contributed by atoms with Crippen LogP contribution in [0, 0.1) is 0 Å². The zero-order valence-electron chi connectivity index (χ0n) is 10.6. The van der Waals surface area contributed by atoms with Crippen LogP contribution in [0.1, 0.15) is 15.9 Å². The lowest BCUT2D eigenvalue weighted by molar-refractivity contribution is 0.0847. The standard InChI is InChI=1S/C14H12BN3O2/c16-13-8-4-2-6-11(13)14(19)18-15(20)12-7-3-1-5-10(12)9-17-18/h1-9,20H,16H2. The predicted molar refractivity (Wildman–Crippen MR) is 78.7 cm³/mol. The first-order chi connectivity index (χ1) is 9.68. The van der Waals surface area contributed by atoms with Gasteiger partial charge >= 0.3 is 7.05 Å². The number of fused-ring (bicyclic) bond motifs is 1. The highest BCUT2D eigenvalue weighted by molar-refractivity contribution is 6.68. The molecule has 0 saturated heterocycles. The van der Waals surface area contributed by atoms with Crippen LogP contribution in [0.25, 0.3) is 0 Å². The van der Waals surface area contributed by atoms with Crippen LogP contribution in [0.4, 0.5) is 5.69 Å². The summed E-state index contributed by atoms with van der Waals surface area (Å²) in [5.74, 6) is -0.429. The summed E-state index contributed by atoms with van der Waals surface area (Å²) in [7, 11) is -1.11. The second-order valence-electron chi connectivity index (χ2n) is 4.48. The SMILES string of the molecule is Nc1ccccc1C(=O)N1N=Cc2ccccc2B1O. The highest BCUT2D eigenvalue weighted by atomic mass is 16.2. The number of benzene rings is 2. The van der Waals surface area contributed by atoms with Crippen LogP contribution >= 0.6 is 0 Å². The van der Waals surface area contributed by atoms with Gasteiger partial charge in [-0.05, 0) is 23.2 Å². The summed E-state index contributed by atoms with van der Waals surface area (Å²) < 4.78 is 0. The molecular formula is C14H12BN3O2. The van der Waals surface area contributed by atoms with Crippen LogP contribution in [0.3, 0.4) is 0 Å². The molecule has 3 rings (SSSR count). The van der Waals surface area contributed by atoms with Gasteiger partial charge in [0.2, 0.25) is 0 Å². The average molecular weight is 265 g/mol. The molecule has 0 unspecified atom stereocenters. The van der Waals surface area contributed by atoms with E-state index in [1.54, 1.807) is 42.6 Å². The van der Waals surface area contributed by atoms with E-state index in [-0.39, 0.29) is 0 Å². The van der Waals surface area contributed by atoms with Crippen molar-refractivity contribution in [1.29, 1.82) is 0 Å². The Labute approximate surface area is 116 Å². The van der Waals surface area contributed by atoms with Crippen LogP contribution in [-0.4, -0.2) is 29.1 Å². The van der Waals surface area contributed by atoms with Crippen LogP contribution in [0.15, 0.2) is 53.6 Å². The Bertz CT molecular complexity index is 702. The number of nitrogen functional groups attached to an aromatic ring is 1. The Kier molecular flexibility index (Phi) is 3.00. The van der Waals surface area contributed by atoms with E-state index in [2.05, 4.69) is 5.10 Å². The van der Waals surface area contributed by atoms with Gasteiger partial charge in [0.1, 0.15) is 0 Å². The fraction of sp³-hybridized carbons (Fsp3) is 0. The number of hydrogen-bond donors (Lipinski definition) is 2. The molecule has 3 N–H and O–H groups in total. The third-order valence-electron chi connectivity index (χ3n) is 3.23. The second kappa shape index (κ2) is 4.83. The summed E-state index contributed by atoms with van der Waals surface area (Å²) in [5, 5.41) is 14.3. The van der Waals surface area contributed by atoms with Crippen molar-refractivity contribution >= 4 is 30.3 Å². The highest BCUT2D eigenvalue weighted by Crippen LogP contribution is 2.16. The average Bonchev–Trinajstić information content (AvgIpc) is 2.48. The van der Waals surface area contributed by atoms with Crippen molar-refractivity contribution < 1.29 is 9.82 Å². The molecule has 0 atom stereocenters. The molecule has 0 fully saturated rings. The zero-order chi connectivity index (χ0) is 14.1. The van der Waals surface area contributed by atoms with Crippen molar-refractivity contribution in [1.82, 2.24) is 4.92 Å². The van der Waals surface area contributed by atoms with Gasteiger partial charge in [-0.1, -0.05) is 36.4 Å². The lowest BCUT2D eigenvalue weighted by Crippen LogP contribution is -2.52. The second-order valence-corrected chi connectivity index (χ2v) is 4.48. The molecule has 1 aliphatic heterocycles. The molecule has 1 amide bonds. The number of anilines is 1. The summed E-state index contributed by atoms with van der Waals surface area (Å²) >= 11 is 0. The number of hydrazone groups is 1. The number of nitrogens with two attached hydrogens (primary N) is 1. The van der Waals surface area contributed by atoms with E-state index in [0.29, 0.717) is 16.7 Å². The minimum absolute atomic E-state index is 0.322. The van der Waals surface area contributed by atoms with E-state index in [4.69, 9.17) is 5.73 Å². The van der Waals surface area contributed by atoms with Crippen molar-refractivity contribution in [2.75, 3.05) is 5.73 Å². The van der Waals surface area contributed by atoms with Crippen LogP contribution < -0.4 is 11.2 Å². The van der Waals surface area contributed by atoms with Gasteiger partial charge in [0, 0.05) is 5.69 Å². The topological polar surface area (TPSA) is 78.9 Å². The number of carbonyl (C=O) groups is 1. The maximum atomic E-state index is 12.4. The Hall–Kier alpha value is -2.60. The minimum Gasteiger partial charge on any atom is -0.427 e. The predicted octanol–water partition coefficient (Wildman–Crippen LogP) is 0.446. The van der Waals surface area contributed by atoms with E-state index < -0.39 is 13.0 Å². The largest absolute Gasteiger partial charge is 0.474 e. The van der Waals surface area contributed by atoms with Gasteiger partial charge in [-0.15, -0.1) is 0 Å². The summed E-state index contributed by atoms with van der Waals surface area (Å²) in [6.07, 6.45) is 1.55. The number of para-hydroxylation sites is 1. The normalized spacial score (nSPS) is 13.2. The van der Waals surface area contributed by atoms with Crippen LogP contribution in [0.5, 0.6) is 0 Å². The Morgan fingerprint density at radius 2 is 1.85 bits per heavy atom. The van der Waals surface area contributed by atoms with Gasteiger partial charge in [0.05, 0.1) is 11.8 Å². The monoisotopic (exact) mass is 265 g/mol. The van der Waals surface area contributed by atoms with Crippen LogP contribution in [0.2, 0.25) is 0 Å². The van der Waals surface area contributed by atoms with E-state index >= 15 is 0 Å². The summed E-state index contributed by atoms with van der Waals surface area (Å²) in [5.41, 5.74) is 7.91. The van der Waals surface area contributed by atoms with E-state index in [1.807, 2.05) is 12.1 Å². The molecule has 0 bridgehead atoms. The van der Waals surface area contributed by atoms with Gasteiger partial charge in [0.15, 0.2) is 0 Å². The molecule has 6 heteroatoms. The maximum Gasteiger partial charge on any atom is 0.474 e. The first kappa shape index (κ1) is 12.4. The van der Waals surface area contributed by atoms with Crippen LogP contribution in [-0.2, 0) is 0 Å². The summed E-state index contributed by atoms with van der Waals surface area (Å²) in [6.45, 7) is 0. The minimum atomic E-state index is -1.11. The molecule has 2 aromatic carbocycles. The third-order valence-corrected chi connectivity index (χ3v) is 3.23. The first-order valence-corrected chi connectivity index (χ1v) is 6.17. The highest BCUT2D eigenvalue weighted by Gasteiger charge is 2.34. The van der Waals surface area contributed by atoms with Crippen molar-refractivity contribution in [3.05, 3.63) is 59.7 Å². The molecule has 0 spiro atoms. The van der Waals surface area contributed by atoms with E-state index in [1.165, 1.54) is 0 Å². The fourth-order valence-corrected chi connectivity index (χ4v) is 2.16. The van der Waals surface area contributed by atoms with Gasteiger partial charge in [-0.2, -0.15) is 5.10 Å². The van der Waals surface area contributed by atoms with Gasteiger partial charge < -0.3 is 10.8 Å². The molecule has 0 saturated carbocycles. The fourth-order valence-electron chi connectivity index (χ4n) is 2.16. The molecule has 1 heterocycles. The van der Waals surface area contributed by atoms with E-state index in [9.17, 15) is 9.82 Å². The quantitative estimate of drug-likeness (QED) is 0.580. The van der Waals surface area contributed by atoms with Gasteiger partial charge in [-0.25, -0.2) is 4.92 Å². The first-order valence-electron chi connectivity index (χ1n) is 6.17. The molecular weight excluding hydrogens is 253 g/mol. The molecule has 98 valence electrons. The van der Waals surface area contributed by atoms with Crippen molar-refractivity contribution in [3.8, 4) is 0 Å². The number of carbonyl (C=O) groups excluding carboxylic acids is 1.